The average molecular weight is 485 g/mol. The van der Waals surface area contributed by atoms with Gasteiger partial charge in [0.15, 0.2) is 0 Å². The molecule has 1 unspecified atom stereocenters. The van der Waals surface area contributed by atoms with Crippen molar-refractivity contribution in [2.75, 3.05) is 11.9 Å². The van der Waals surface area contributed by atoms with Gasteiger partial charge in [-0.1, -0.05) is 61.5 Å². The number of nitrogens with one attached hydrogen (secondary N) is 2. The zero-order valence-corrected chi connectivity index (χ0v) is 20.1. The van der Waals surface area contributed by atoms with Crippen LogP contribution in [-0.2, 0) is 4.79 Å². The van der Waals surface area contributed by atoms with E-state index in [4.69, 9.17) is 9.63 Å². The Morgan fingerprint density at radius 3 is 2.25 bits per heavy atom. The number of nitrogens with zero attached hydrogens (tertiary/aromatic N) is 2. The van der Waals surface area contributed by atoms with E-state index in [9.17, 15) is 9.59 Å². The first-order valence-electron chi connectivity index (χ1n) is 11.8. The molecule has 3 N–H and O–H groups in total. The molecule has 0 spiro atoms. The Balaban J connectivity index is 1.43. The largest absolute Gasteiger partial charge is 0.481 e. The Morgan fingerprint density at radius 2 is 1.61 bits per heavy atom. The van der Waals surface area contributed by atoms with Crippen LogP contribution in [0.15, 0.2) is 83.4 Å². The minimum absolute atomic E-state index is 0.0388. The highest BCUT2D eigenvalue weighted by Gasteiger charge is 2.17. The fraction of sp³-hybridized carbons (Fsp3) is 0.214. The zero-order valence-electron chi connectivity index (χ0n) is 20.1. The van der Waals surface area contributed by atoms with Crippen LogP contribution in [0.25, 0.3) is 22.8 Å². The molecule has 3 aromatic carbocycles. The quantitative estimate of drug-likeness (QED) is 0.275. The van der Waals surface area contributed by atoms with Gasteiger partial charge in [0.1, 0.15) is 0 Å². The van der Waals surface area contributed by atoms with Crippen LogP contribution in [-0.4, -0.2) is 33.7 Å². The number of rotatable bonds is 10. The highest BCUT2D eigenvalue weighted by molar-refractivity contribution is 5.94. The highest BCUT2D eigenvalue weighted by Crippen LogP contribution is 2.29. The Hall–Kier alpha value is -4.46. The van der Waals surface area contributed by atoms with Crippen LogP contribution >= 0.6 is 0 Å². The first-order valence-corrected chi connectivity index (χ1v) is 11.8. The Labute approximate surface area is 209 Å². The number of hydrogen-bond acceptors (Lipinski definition) is 6. The molecule has 0 bridgehead atoms. The second-order valence-electron chi connectivity index (χ2n) is 8.75. The van der Waals surface area contributed by atoms with Gasteiger partial charge >= 0.3 is 5.97 Å². The molecule has 8 nitrogen and oxygen atoms in total. The number of benzene rings is 3. The van der Waals surface area contributed by atoms with E-state index < -0.39 is 5.97 Å². The van der Waals surface area contributed by atoms with Crippen molar-refractivity contribution in [3.63, 3.8) is 0 Å². The van der Waals surface area contributed by atoms with Gasteiger partial charge in [0.05, 0.1) is 12.5 Å². The monoisotopic (exact) mass is 484 g/mol. The smallest absolute Gasteiger partial charge is 0.305 e. The van der Waals surface area contributed by atoms with Crippen LogP contribution in [0.4, 0.5) is 5.69 Å². The normalized spacial score (nSPS) is 11.8. The number of carbonyl (C=O) groups excluding carboxylic acids is 1. The Kier molecular flexibility index (Phi) is 7.75. The first kappa shape index (κ1) is 24.7. The second kappa shape index (κ2) is 11.3. The summed E-state index contributed by atoms with van der Waals surface area (Å²) in [6, 6.07) is 24.9. The molecule has 0 aliphatic carbocycles. The highest BCUT2D eigenvalue weighted by atomic mass is 16.5. The fourth-order valence-corrected chi connectivity index (χ4v) is 3.80. The maximum atomic E-state index is 12.2. The first-order chi connectivity index (χ1) is 17.4. The molecule has 0 aliphatic heterocycles. The molecule has 0 saturated heterocycles. The third-order valence-corrected chi connectivity index (χ3v) is 5.74. The minimum atomic E-state index is -0.948. The van der Waals surface area contributed by atoms with Gasteiger partial charge in [-0.05, 0) is 47.9 Å². The molecule has 1 aromatic heterocycles. The number of carboxylic acids is 1. The lowest BCUT2D eigenvalue weighted by atomic mass is 9.94. The van der Waals surface area contributed by atoms with Crippen molar-refractivity contribution in [3.05, 3.63) is 90.0 Å². The van der Waals surface area contributed by atoms with Gasteiger partial charge in [-0.15, -0.1) is 0 Å². The van der Waals surface area contributed by atoms with Crippen molar-refractivity contribution in [2.24, 2.45) is 5.92 Å². The van der Waals surface area contributed by atoms with Crippen molar-refractivity contribution < 1.29 is 19.2 Å². The van der Waals surface area contributed by atoms with E-state index in [1.165, 1.54) is 0 Å². The molecule has 36 heavy (non-hydrogen) atoms. The van der Waals surface area contributed by atoms with Crippen molar-refractivity contribution in [3.8, 4) is 22.8 Å². The van der Waals surface area contributed by atoms with E-state index in [1.807, 2.05) is 66.7 Å². The van der Waals surface area contributed by atoms with Crippen molar-refractivity contribution in [1.82, 2.24) is 15.5 Å². The van der Waals surface area contributed by atoms with Gasteiger partial charge in [-0.3, -0.25) is 9.59 Å². The summed E-state index contributed by atoms with van der Waals surface area (Å²) in [5.41, 5.74) is 4.20. The van der Waals surface area contributed by atoms with E-state index in [0.29, 0.717) is 23.2 Å². The average Bonchev–Trinajstić information content (AvgIpc) is 3.38. The molecular weight excluding hydrogens is 456 g/mol. The standard InChI is InChI=1S/C28H28N4O4/c1-18(2)25(30-23-14-12-21(13-15-23)27(35)29-17-16-24(33)34)19-8-10-22(11-9-19)28-31-26(32-36-28)20-6-4-3-5-7-20/h3-15,18,25,30H,16-17H2,1-2H3,(H,29,35)(H,33,34). The molecule has 0 radical (unpaired) electrons. The van der Waals surface area contributed by atoms with Gasteiger partial charge in [-0.25, -0.2) is 0 Å². The summed E-state index contributed by atoms with van der Waals surface area (Å²) in [7, 11) is 0. The number of anilines is 1. The van der Waals surface area contributed by atoms with Gasteiger partial charge in [0.2, 0.25) is 5.82 Å². The lowest BCUT2D eigenvalue weighted by Crippen LogP contribution is -2.26. The minimum Gasteiger partial charge on any atom is -0.481 e. The van der Waals surface area contributed by atoms with E-state index in [2.05, 4.69) is 34.6 Å². The van der Waals surface area contributed by atoms with Gasteiger partial charge in [-0.2, -0.15) is 4.98 Å². The molecule has 1 atom stereocenters. The maximum Gasteiger partial charge on any atom is 0.305 e. The van der Waals surface area contributed by atoms with Gasteiger partial charge < -0.3 is 20.3 Å². The molecule has 4 rings (SSSR count). The van der Waals surface area contributed by atoms with Crippen molar-refractivity contribution in [2.45, 2.75) is 26.3 Å². The van der Waals surface area contributed by atoms with Crippen molar-refractivity contribution >= 4 is 17.6 Å². The molecular formula is C28H28N4O4. The second-order valence-corrected chi connectivity index (χ2v) is 8.75. The number of hydrogen-bond donors (Lipinski definition) is 3. The summed E-state index contributed by atoms with van der Waals surface area (Å²) < 4.78 is 5.48. The molecule has 0 saturated carbocycles. The molecule has 0 fully saturated rings. The number of aliphatic carboxylic acids is 1. The van der Waals surface area contributed by atoms with Crippen LogP contribution in [0.2, 0.25) is 0 Å². The van der Waals surface area contributed by atoms with Crippen LogP contribution in [0.1, 0.15) is 42.2 Å². The molecule has 0 aliphatic rings. The summed E-state index contributed by atoms with van der Waals surface area (Å²) in [4.78, 5) is 27.3. The summed E-state index contributed by atoms with van der Waals surface area (Å²) in [5, 5.41) is 18.9. The predicted octanol–water partition coefficient (Wildman–Crippen LogP) is 5.42. The topological polar surface area (TPSA) is 117 Å². The van der Waals surface area contributed by atoms with Crippen LogP contribution < -0.4 is 10.6 Å². The summed E-state index contributed by atoms with van der Waals surface area (Å²) in [6.45, 7) is 4.37. The number of amides is 1. The van der Waals surface area contributed by atoms with Crippen molar-refractivity contribution in [1.29, 1.82) is 0 Å². The summed E-state index contributed by atoms with van der Waals surface area (Å²) >= 11 is 0. The lowest BCUT2D eigenvalue weighted by molar-refractivity contribution is -0.136. The number of carbonyl (C=O) groups is 2. The Bertz CT molecular complexity index is 1300. The van der Waals surface area contributed by atoms with Crippen LogP contribution in [0.5, 0.6) is 0 Å². The molecule has 1 heterocycles. The van der Waals surface area contributed by atoms with E-state index in [1.54, 1.807) is 12.1 Å². The van der Waals surface area contributed by atoms with Gasteiger partial charge in [0.25, 0.3) is 11.8 Å². The third kappa shape index (κ3) is 6.15. The maximum absolute atomic E-state index is 12.2. The fourth-order valence-electron chi connectivity index (χ4n) is 3.80. The lowest BCUT2D eigenvalue weighted by Gasteiger charge is -2.24. The molecule has 184 valence electrons. The van der Waals surface area contributed by atoms with Crippen LogP contribution in [0, 0.1) is 5.92 Å². The van der Waals surface area contributed by atoms with Crippen LogP contribution in [0.3, 0.4) is 0 Å². The van der Waals surface area contributed by atoms with Gasteiger partial charge in [0, 0.05) is 28.9 Å². The predicted molar refractivity (Wildman–Crippen MR) is 137 cm³/mol. The third-order valence-electron chi connectivity index (χ3n) is 5.74. The summed E-state index contributed by atoms with van der Waals surface area (Å²) in [6.07, 6.45) is -0.110. The Morgan fingerprint density at radius 1 is 0.917 bits per heavy atom. The van der Waals surface area contributed by atoms with E-state index in [-0.39, 0.29) is 24.9 Å². The van der Waals surface area contributed by atoms with E-state index in [0.717, 1.165) is 22.4 Å². The number of carboxylic acid groups (broad SMARTS) is 1. The van der Waals surface area contributed by atoms with E-state index >= 15 is 0 Å². The SMILES string of the molecule is CC(C)C(Nc1ccc(C(=O)NCCC(=O)O)cc1)c1ccc(-c2nc(-c3ccccc3)no2)cc1. The molecule has 8 heteroatoms. The number of aromatic nitrogens is 2. The molecule has 1 amide bonds. The zero-order chi connectivity index (χ0) is 25.5. The summed E-state index contributed by atoms with van der Waals surface area (Å²) in [5.74, 6) is 0.0666. The molecule has 4 aromatic rings.